The number of nitrogens with one attached hydrogen (secondary N) is 2. The summed E-state index contributed by atoms with van der Waals surface area (Å²) < 4.78 is 5.56. The third kappa shape index (κ3) is 5.85. The Morgan fingerprint density at radius 2 is 1.91 bits per heavy atom. The van der Waals surface area contributed by atoms with Crippen LogP contribution in [0.2, 0.25) is 5.02 Å². The van der Waals surface area contributed by atoms with Crippen molar-refractivity contribution in [3.05, 3.63) is 29.3 Å². The zero-order valence-electron chi connectivity index (χ0n) is 13.4. The smallest absolute Gasteiger partial charge is 0.275 e. The van der Waals surface area contributed by atoms with Crippen LogP contribution < -0.4 is 15.0 Å². The molecule has 2 atom stereocenters. The minimum atomic E-state index is 0.107. The van der Waals surface area contributed by atoms with Crippen molar-refractivity contribution in [2.45, 2.75) is 20.3 Å². The summed E-state index contributed by atoms with van der Waals surface area (Å²) in [6.07, 6.45) is 1.28. The molecule has 1 aromatic carbocycles. The number of quaternary nitrogens is 1. The highest BCUT2D eigenvalue weighted by Gasteiger charge is 2.26. The second-order valence-corrected chi connectivity index (χ2v) is 6.87. The predicted molar refractivity (Wildman–Crippen MR) is 88.5 cm³/mol. The molecular weight excluding hydrogens is 300 g/mol. The normalized spacial score (nSPS) is 24.8. The summed E-state index contributed by atoms with van der Waals surface area (Å²) >= 11 is 5.81. The number of hydrogen-bond donors (Lipinski definition) is 2. The van der Waals surface area contributed by atoms with E-state index in [1.54, 1.807) is 12.1 Å². The molecule has 1 heterocycles. The van der Waals surface area contributed by atoms with Gasteiger partial charge >= 0.3 is 0 Å². The van der Waals surface area contributed by atoms with Gasteiger partial charge in [0.2, 0.25) is 0 Å². The number of halogens is 1. The van der Waals surface area contributed by atoms with Crippen LogP contribution >= 0.6 is 11.6 Å². The van der Waals surface area contributed by atoms with Crippen LogP contribution in [0.4, 0.5) is 0 Å². The van der Waals surface area contributed by atoms with Crippen molar-refractivity contribution in [3.63, 3.8) is 0 Å². The minimum absolute atomic E-state index is 0.107. The number of likely N-dealkylation sites (tertiary alicyclic amines) is 1. The number of amides is 1. The van der Waals surface area contributed by atoms with Gasteiger partial charge in [-0.25, -0.2) is 0 Å². The Balaban J connectivity index is 1.62. The fourth-order valence-electron chi connectivity index (χ4n) is 3.25. The number of ether oxygens (including phenoxy) is 1. The molecular formula is C17H26ClN2O2+. The summed E-state index contributed by atoms with van der Waals surface area (Å²) in [6, 6.07) is 7.23. The number of carbonyl (C=O) groups excluding carboxylic acids is 1. The van der Waals surface area contributed by atoms with Gasteiger partial charge < -0.3 is 15.0 Å². The van der Waals surface area contributed by atoms with Crippen LogP contribution in [0.5, 0.6) is 5.75 Å². The molecule has 2 rings (SSSR count). The monoisotopic (exact) mass is 325 g/mol. The van der Waals surface area contributed by atoms with Crippen molar-refractivity contribution in [1.82, 2.24) is 5.32 Å². The van der Waals surface area contributed by atoms with Gasteiger partial charge in [0.25, 0.3) is 5.91 Å². The maximum absolute atomic E-state index is 12.0. The first-order chi connectivity index (χ1) is 10.5. The van der Waals surface area contributed by atoms with Gasteiger partial charge in [-0.2, -0.15) is 0 Å². The Morgan fingerprint density at radius 1 is 1.27 bits per heavy atom. The summed E-state index contributed by atoms with van der Waals surface area (Å²) in [5, 5.41) is 3.62. The van der Waals surface area contributed by atoms with Gasteiger partial charge in [0, 0.05) is 16.9 Å². The summed E-state index contributed by atoms with van der Waals surface area (Å²) in [6.45, 7) is 8.30. The van der Waals surface area contributed by atoms with E-state index < -0.39 is 0 Å². The Bertz CT molecular complexity index is 468. The van der Waals surface area contributed by atoms with Gasteiger partial charge in [-0.15, -0.1) is 0 Å². The zero-order chi connectivity index (χ0) is 15.9. The molecule has 0 aliphatic carbocycles. The standard InChI is InChI=1S/C17H25ClN2O2/c1-13-9-14(2)11-20(10-13)12-17(21)19-7-8-22-16-5-3-15(18)4-6-16/h3-6,13-14H,7-12H2,1-2H3,(H,19,21)/p+1/t13-,14-/m1/s1. The molecule has 1 saturated heterocycles. The Hall–Kier alpha value is -1.26. The summed E-state index contributed by atoms with van der Waals surface area (Å²) in [5.74, 6) is 2.29. The Kier molecular flexibility index (Phi) is 6.52. The van der Waals surface area contributed by atoms with Crippen molar-refractivity contribution in [2.75, 3.05) is 32.8 Å². The largest absolute Gasteiger partial charge is 0.492 e. The number of hydrogen-bond acceptors (Lipinski definition) is 2. The van der Waals surface area contributed by atoms with E-state index in [2.05, 4.69) is 19.2 Å². The fraction of sp³-hybridized carbons (Fsp3) is 0.588. The molecule has 2 N–H and O–H groups in total. The van der Waals surface area contributed by atoms with Gasteiger partial charge in [0.1, 0.15) is 12.4 Å². The first-order valence-corrected chi connectivity index (χ1v) is 8.39. The fourth-order valence-corrected chi connectivity index (χ4v) is 3.37. The number of rotatable bonds is 6. The Labute approximate surface area is 137 Å². The van der Waals surface area contributed by atoms with Gasteiger partial charge in [0.05, 0.1) is 19.6 Å². The van der Waals surface area contributed by atoms with Gasteiger partial charge in [-0.1, -0.05) is 25.4 Å². The third-order valence-electron chi connectivity index (χ3n) is 4.00. The average molecular weight is 326 g/mol. The van der Waals surface area contributed by atoms with Crippen LogP contribution in [0.3, 0.4) is 0 Å². The quantitative estimate of drug-likeness (QED) is 0.776. The minimum Gasteiger partial charge on any atom is -0.492 e. The first kappa shape index (κ1) is 17.1. The maximum Gasteiger partial charge on any atom is 0.275 e. The van der Waals surface area contributed by atoms with Crippen LogP contribution in [0, 0.1) is 11.8 Å². The van der Waals surface area contributed by atoms with E-state index in [-0.39, 0.29) is 5.91 Å². The lowest BCUT2D eigenvalue weighted by Crippen LogP contribution is -3.15. The first-order valence-electron chi connectivity index (χ1n) is 8.01. The third-order valence-corrected chi connectivity index (χ3v) is 4.25. The van der Waals surface area contributed by atoms with E-state index in [1.807, 2.05) is 12.1 Å². The Morgan fingerprint density at radius 3 is 2.55 bits per heavy atom. The molecule has 1 fully saturated rings. The lowest BCUT2D eigenvalue weighted by molar-refractivity contribution is -0.904. The SMILES string of the molecule is C[C@@H]1C[C@@H](C)C[NH+](CC(=O)NCCOc2ccc(Cl)cc2)C1. The van der Waals surface area contributed by atoms with Crippen LogP contribution in [0.15, 0.2) is 24.3 Å². The molecule has 1 aromatic rings. The van der Waals surface area contributed by atoms with Crippen molar-refractivity contribution >= 4 is 17.5 Å². The average Bonchev–Trinajstić information content (AvgIpc) is 2.44. The van der Waals surface area contributed by atoms with Crippen molar-refractivity contribution in [3.8, 4) is 5.75 Å². The van der Waals surface area contributed by atoms with Gasteiger partial charge in [0.15, 0.2) is 6.54 Å². The van der Waals surface area contributed by atoms with E-state index in [9.17, 15) is 4.79 Å². The highest BCUT2D eigenvalue weighted by molar-refractivity contribution is 6.30. The topological polar surface area (TPSA) is 42.8 Å². The van der Waals surface area contributed by atoms with Crippen LogP contribution in [-0.2, 0) is 4.79 Å². The van der Waals surface area contributed by atoms with Gasteiger partial charge in [-0.3, -0.25) is 4.79 Å². The molecule has 1 aliphatic heterocycles. The summed E-state index contributed by atoms with van der Waals surface area (Å²) in [5.41, 5.74) is 0. The zero-order valence-corrected chi connectivity index (χ0v) is 14.2. The van der Waals surface area contributed by atoms with Crippen LogP contribution in [-0.4, -0.2) is 38.7 Å². The van der Waals surface area contributed by atoms with Crippen molar-refractivity contribution < 1.29 is 14.4 Å². The van der Waals surface area contributed by atoms with E-state index in [0.29, 0.717) is 36.6 Å². The molecule has 1 amide bonds. The second kappa shape index (κ2) is 8.39. The molecule has 0 bridgehead atoms. The van der Waals surface area contributed by atoms with E-state index in [4.69, 9.17) is 16.3 Å². The molecule has 0 aromatic heterocycles. The van der Waals surface area contributed by atoms with E-state index in [1.165, 1.54) is 11.3 Å². The lowest BCUT2D eigenvalue weighted by atomic mass is 9.92. The highest BCUT2D eigenvalue weighted by atomic mass is 35.5. The van der Waals surface area contributed by atoms with Crippen LogP contribution in [0.1, 0.15) is 20.3 Å². The maximum atomic E-state index is 12.0. The molecule has 0 spiro atoms. The van der Waals surface area contributed by atoms with Gasteiger partial charge in [-0.05, 0) is 30.7 Å². The second-order valence-electron chi connectivity index (χ2n) is 6.43. The predicted octanol–water partition coefficient (Wildman–Crippen LogP) is 1.40. The molecule has 5 heteroatoms. The van der Waals surface area contributed by atoms with E-state index >= 15 is 0 Å². The number of carbonyl (C=O) groups is 1. The van der Waals surface area contributed by atoms with Crippen molar-refractivity contribution in [1.29, 1.82) is 0 Å². The molecule has 122 valence electrons. The summed E-state index contributed by atoms with van der Waals surface area (Å²) in [4.78, 5) is 13.4. The molecule has 22 heavy (non-hydrogen) atoms. The van der Waals surface area contributed by atoms with Crippen LogP contribution in [0.25, 0.3) is 0 Å². The molecule has 1 aliphatic rings. The molecule has 0 saturated carbocycles. The highest BCUT2D eigenvalue weighted by Crippen LogP contribution is 2.15. The molecule has 0 unspecified atom stereocenters. The molecule has 4 nitrogen and oxygen atoms in total. The number of benzene rings is 1. The van der Waals surface area contributed by atoms with E-state index in [0.717, 1.165) is 18.8 Å². The van der Waals surface area contributed by atoms with Crippen molar-refractivity contribution in [2.24, 2.45) is 11.8 Å². The molecule has 0 radical (unpaired) electrons. The lowest BCUT2D eigenvalue weighted by Gasteiger charge is -2.31. The number of piperidine rings is 1. The summed E-state index contributed by atoms with van der Waals surface area (Å²) in [7, 11) is 0.